The molecule has 0 amide bonds. The first kappa shape index (κ1) is 14.9. The van der Waals surface area contributed by atoms with E-state index in [4.69, 9.17) is 5.73 Å². The van der Waals surface area contributed by atoms with Gasteiger partial charge in [-0.15, -0.1) is 5.10 Å². The molecule has 5 nitrogen and oxygen atoms in total. The van der Waals surface area contributed by atoms with Gasteiger partial charge in [-0.1, -0.05) is 25.1 Å². The molecule has 0 aliphatic carbocycles. The summed E-state index contributed by atoms with van der Waals surface area (Å²) < 4.78 is 1.67. The molecular formula is C14H20N4OS. The van der Waals surface area contributed by atoms with Crippen LogP contribution in [0.2, 0.25) is 0 Å². The zero-order valence-electron chi connectivity index (χ0n) is 11.8. The lowest BCUT2D eigenvalue weighted by Crippen LogP contribution is -2.18. The van der Waals surface area contributed by atoms with Gasteiger partial charge in [0.2, 0.25) is 0 Å². The molecule has 20 heavy (non-hydrogen) atoms. The van der Waals surface area contributed by atoms with E-state index in [1.54, 1.807) is 4.57 Å². The summed E-state index contributed by atoms with van der Waals surface area (Å²) in [5.41, 5.74) is 6.91. The Morgan fingerprint density at radius 1 is 1.45 bits per heavy atom. The molecule has 6 heteroatoms. The van der Waals surface area contributed by atoms with Gasteiger partial charge in [-0.25, -0.2) is 9.89 Å². The van der Waals surface area contributed by atoms with Crippen molar-refractivity contribution < 1.29 is 0 Å². The fourth-order valence-corrected chi connectivity index (χ4v) is 3.02. The normalized spacial score (nSPS) is 12.6. The minimum atomic E-state index is -0.154. The van der Waals surface area contributed by atoms with Crippen LogP contribution in [0.15, 0.2) is 39.1 Å². The van der Waals surface area contributed by atoms with Gasteiger partial charge in [-0.2, -0.15) is 0 Å². The molecule has 1 aromatic heterocycles. The molecule has 1 unspecified atom stereocenters. The molecule has 0 radical (unpaired) electrons. The van der Waals surface area contributed by atoms with E-state index in [0.717, 1.165) is 17.7 Å². The number of aromatic amines is 1. The number of rotatable bonds is 6. The lowest BCUT2D eigenvalue weighted by molar-refractivity contribution is 0.603. The number of nitrogens with one attached hydrogen (secondary N) is 1. The van der Waals surface area contributed by atoms with Crippen molar-refractivity contribution in [3.8, 4) is 0 Å². The molecule has 1 aromatic carbocycles. The third-order valence-corrected chi connectivity index (χ3v) is 4.00. The molecule has 0 bridgehead atoms. The van der Waals surface area contributed by atoms with Crippen molar-refractivity contribution in [3.63, 3.8) is 0 Å². The maximum Gasteiger partial charge on any atom is 0.343 e. The molecule has 0 aliphatic rings. The van der Waals surface area contributed by atoms with Gasteiger partial charge in [-0.3, -0.25) is 4.57 Å². The number of hydrogen-bond acceptors (Lipinski definition) is 4. The summed E-state index contributed by atoms with van der Waals surface area (Å²) in [5.74, 6) is 0. The average molecular weight is 292 g/mol. The highest BCUT2D eigenvalue weighted by atomic mass is 32.2. The molecule has 1 atom stereocenters. The third kappa shape index (κ3) is 3.52. The zero-order chi connectivity index (χ0) is 14.5. The van der Waals surface area contributed by atoms with Crippen molar-refractivity contribution in [2.45, 2.75) is 49.3 Å². The van der Waals surface area contributed by atoms with Crippen LogP contribution < -0.4 is 11.4 Å². The second-order valence-electron chi connectivity index (χ2n) is 4.85. The van der Waals surface area contributed by atoms with Crippen LogP contribution in [0.25, 0.3) is 0 Å². The van der Waals surface area contributed by atoms with Crippen LogP contribution in [0.1, 0.15) is 25.8 Å². The van der Waals surface area contributed by atoms with Crippen LogP contribution in [0, 0.1) is 0 Å². The molecule has 1 heterocycles. The molecule has 3 N–H and O–H groups in total. The van der Waals surface area contributed by atoms with Gasteiger partial charge in [0, 0.05) is 17.5 Å². The maximum absolute atomic E-state index is 11.7. The Kier molecular flexibility index (Phi) is 5.03. The van der Waals surface area contributed by atoms with Gasteiger partial charge in [0.05, 0.1) is 0 Å². The van der Waals surface area contributed by atoms with Crippen LogP contribution in [0.3, 0.4) is 0 Å². The summed E-state index contributed by atoms with van der Waals surface area (Å²) in [6.45, 7) is 4.70. The fraction of sp³-hybridized carbons (Fsp3) is 0.429. The first-order valence-electron chi connectivity index (χ1n) is 6.78. The second kappa shape index (κ2) is 6.76. The molecular weight excluding hydrogens is 272 g/mol. The summed E-state index contributed by atoms with van der Waals surface area (Å²) >= 11 is 1.51. The van der Waals surface area contributed by atoms with Gasteiger partial charge in [0.1, 0.15) is 0 Å². The van der Waals surface area contributed by atoms with Crippen LogP contribution in [-0.2, 0) is 13.0 Å². The summed E-state index contributed by atoms with van der Waals surface area (Å²) in [4.78, 5) is 12.8. The van der Waals surface area contributed by atoms with Crippen LogP contribution in [0.4, 0.5) is 0 Å². The van der Waals surface area contributed by atoms with Crippen molar-refractivity contribution in [1.82, 2.24) is 14.8 Å². The fourth-order valence-electron chi connectivity index (χ4n) is 2.02. The SMILES string of the molecule is CCCn1c(Sc2ccccc2CC(C)N)n[nH]c1=O. The predicted molar refractivity (Wildman–Crippen MR) is 81.1 cm³/mol. The lowest BCUT2D eigenvalue weighted by Gasteiger charge is -2.11. The summed E-state index contributed by atoms with van der Waals surface area (Å²) in [6.07, 6.45) is 1.71. The topological polar surface area (TPSA) is 76.7 Å². The van der Waals surface area contributed by atoms with E-state index < -0.39 is 0 Å². The maximum atomic E-state index is 11.7. The Morgan fingerprint density at radius 2 is 2.20 bits per heavy atom. The third-order valence-electron chi connectivity index (χ3n) is 2.89. The van der Waals surface area contributed by atoms with E-state index in [-0.39, 0.29) is 11.7 Å². The van der Waals surface area contributed by atoms with Gasteiger partial charge >= 0.3 is 5.69 Å². The highest BCUT2D eigenvalue weighted by Gasteiger charge is 2.12. The molecule has 0 spiro atoms. The van der Waals surface area contributed by atoms with Crippen molar-refractivity contribution in [2.24, 2.45) is 5.73 Å². The quantitative estimate of drug-likeness (QED) is 0.854. The van der Waals surface area contributed by atoms with E-state index in [9.17, 15) is 4.79 Å². The Balaban J connectivity index is 2.28. The van der Waals surface area contributed by atoms with Gasteiger partial charge in [-0.05, 0) is 43.2 Å². The van der Waals surface area contributed by atoms with E-state index >= 15 is 0 Å². The number of H-pyrrole nitrogens is 1. The van der Waals surface area contributed by atoms with Crippen LogP contribution >= 0.6 is 11.8 Å². The zero-order valence-corrected chi connectivity index (χ0v) is 12.6. The van der Waals surface area contributed by atoms with Gasteiger partial charge in [0.25, 0.3) is 0 Å². The minimum Gasteiger partial charge on any atom is -0.328 e. The summed E-state index contributed by atoms with van der Waals surface area (Å²) in [7, 11) is 0. The number of nitrogens with two attached hydrogens (primary N) is 1. The van der Waals surface area contributed by atoms with Crippen molar-refractivity contribution in [1.29, 1.82) is 0 Å². The number of hydrogen-bond donors (Lipinski definition) is 2. The summed E-state index contributed by atoms with van der Waals surface area (Å²) in [6, 6.07) is 8.21. The number of nitrogens with zero attached hydrogens (tertiary/aromatic N) is 2. The van der Waals surface area contributed by atoms with Crippen molar-refractivity contribution >= 4 is 11.8 Å². The van der Waals surface area contributed by atoms with Gasteiger partial charge in [0.15, 0.2) is 5.16 Å². The molecule has 0 fully saturated rings. The Hall–Kier alpha value is -1.53. The Bertz CT molecular complexity index is 618. The molecule has 0 saturated heterocycles. The smallest absolute Gasteiger partial charge is 0.328 e. The molecule has 108 valence electrons. The van der Waals surface area contributed by atoms with Crippen molar-refractivity contribution in [2.75, 3.05) is 0 Å². The largest absolute Gasteiger partial charge is 0.343 e. The standard InChI is InChI=1S/C14H20N4OS/c1-3-8-18-13(19)16-17-14(18)20-12-7-5-4-6-11(12)9-10(2)15/h4-7,10H,3,8-9,15H2,1-2H3,(H,16,19). The Labute approximate surface area is 122 Å². The van der Waals surface area contributed by atoms with E-state index in [1.165, 1.54) is 17.3 Å². The number of benzene rings is 1. The van der Waals surface area contributed by atoms with Gasteiger partial charge < -0.3 is 5.73 Å². The molecule has 0 aliphatic heterocycles. The first-order chi connectivity index (χ1) is 9.61. The van der Waals surface area contributed by atoms with Crippen LogP contribution in [-0.4, -0.2) is 20.8 Å². The second-order valence-corrected chi connectivity index (χ2v) is 5.86. The molecule has 2 rings (SSSR count). The average Bonchev–Trinajstić information content (AvgIpc) is 2.74. The monoisotopic (exact) mass is 292 g/mol. The van der Waals surface area contributed by atoms with Crippen molar-refractivity contribution in [3.05, 3.63) is 40.3 Å². The first-order valence-corrected chi connectivity index (χ1v) is 7.60. The predicted octanol–water partition coefficient (Wildman–Crippen LogP) is 2.02. The number of aromatic nitrogens is 3. The highest BCUT2D eigenvalue weighted by molar-refractivity contribution is 7.99. The minimum absolute atomic E-state index is 0.105. The molecule has 2 aromatic rings. The van der Waals surface area contributed by atoms with E-state index in [2.05, 4.69) is 16.3 Å². The highest BCUT2D eigenvalue weighted by Crippen LogP contribution is 2.29. The summed E-state index contributed by atoms with van der Waals surface area (Å²) in [5, 5.41) is 7.32. The lowest BCUT2D eigenvalue weighted by atomic mass is 10.1. The molecule has 0 saturated carbocycles. The van der Waals surface area contributed by atoms with E-state index in [0.29, 0.717) is 11.7 Å². The van der Waals surface area contributed by atoms with Crippen LogP contribution in [0.5, 0.6) is 0 Å². The Morgan fingerprint density at radius 3 is 2.90 bits per heavy atom. The van der Waals surface area contributed by atoms with E-state index in [1.807, 2.05) is 32.0 Å².